The fourth-order valence-electron chi connectivity index (χ4n) is 1.43. The first kappa shape index (κ1) is 20.1. The zero-order valence-corrected chi connectivity index (χ0v) is 13.9. The third-order valence-electron chi connectivity index (χ3n) is 2.58. The second kappa shape index (κ2) is 12.8. The van der Waals surface area contributed by atoms with Gasteiger partial charge in [0.25, 0.3) is 0 Å². The van der Waals surface area contributed by atoms with Gasteiger partial charge in [-0.05, 0) is 24.9 Å². The quantitative estimate of drug-likeness (QED) is 0.340. The summed E-state index contributed by atoms with van der Waals surface area (Å²) in [6.07, 6.45) is 10.5. The second-order valence-electron chi connectivity index (χ2n) is 4.43. The lowest BCUT2D eigenvalue weighted by molar-refractivity contribution is -0.141. The van der Waals surface area contributed by atoms with E-state index in [1.54, 1.807) is 17.8 Å². The van der Waals surface area contributed by atoms with Gasteiger partial charge in [0.15, 0.2) is 0 Å². The monoisotopic (exact) mass is 332 g/mol. The lowest BCUT2D eigenvalue weighted by atomic mass is 10.2. The number of carboxylic acid groups (broad SMARTS) is 1. The fourth-order valence-corrected chi connectivity index (χ4v) is 2.02. The van der Waals surface area contributed by atoms with Crippen molar-refractivity contribution in [2.45, 2.75) is 31.3 Å². The molecule has 5 nitrogen and oxygen atoms in total. The average Bonchev–Trinajstić information content (AvgIpc) is 2.46. The molecule has 0 bridgehead atoms. The molecule has 1 amide bonds. The van der Waals surface area contributed by atoms with Gasteiger partial charge in [-0.1, -0.05) is 24.3 Å². The molecule has 0 aliphatic heterocycles. The molecule has 4 N–H and O–H groups in total. The molecule has 0 heterocycles. The van der Waals surface area contributed by atoms with Gasteiger partial charge in [0.1, 0.15) is 6.04 Å². The van der Waals surface area contributed by atoms with Crippen molar-refractivity contribution in [3.63, 3.8) is 0 Å². The Morgan fingerprint density at radius 1 is 1.38 bits per heavy atom. The van der Waals surface area contributed by atoms with Gasteiger partial charge in [-0.2, -0.15) is 24.4 Å². The van der Waals surface area contributed by atoms with Crippen molar-refractivity contribution in [3.8, 4) is 0 Å². The van der Waals surface area contributed by atoms with Gasteiger partial charge >= 0.3 is 5.97 Å². The number of carboxylic acids is 1. The third kappa shape index (κ3) is 11.4. The van der Waals surface area contributed by atoms with E-state index in [0.29, 0.717) is 24.3 Å². The van der Waals surface area contributed by atoms with Crippen LogP contribution in [0.2, 0.25) is 0 Å². The zero-order chi connectivity index (χ0) is 16.1. The fraction of sp³-hybridized carbons (Fsp3) is 0.571. The molecule has 2 atom stereocenters. The molecule has 7 heteroatoms. The number of rotatable bonds is 11. The van der Waals surface area contributed by atoms with E-state index in [0.717, 1.165) is 0 Å². The molecule has 0 aromatic carbocycles. The Hall–Kier alpha value is -0.920. The van der Waals surface area contributed by atoms with Crippen LogP contribution in [0.15, 0.2) is 24.3 Å². The van der Waals surface area contributed by atoms with Crippen molar-refractivity contribution in [2.24, 2.45) is 5.73 Å². The van der Waals surface area contributed by atoms with Crippen LogP contribution in [-0.4, -0.2) is 46.8 Å². The van der Waals surface area contributed by atoms with Crippen LogP contribution in [0, 0.1) is 0 Å². The predicted octanol–water partition coefficient (Wildman–Crippen LogP) is 1.46. The molecule has 2 unspecified atom stereocenters. The first-order valence-electron chi connectivity index (χ1n) is 6.70. The minimum Gasteiger partial charge on any atom is -0.480 e. The summed E-state index contributed by atoms with van der Waals surface area (Å²) in [5.74, 6) is 0.0132. The number of nitrogens with two attached hydrogens (primary N) is 1. The first-order valence-corrected chi connectivity index (χ1v) is 8.73. The molecule has 21 heavy (non-hydrogen) atoms. The summed E-state index contributed by atoms with van der Waals surface area (Å²) in [7, 11) is 0. The van der Waals surface area contributed by atoms with Crippen LogP contribution < -0.4 is 11.1 Å². The van der Waals surface area contributed by atoms with E-state index in [1.807, 2.05) is 24.5 Å². The van der Waals surface area contributed by atoms with Crippen molar-refractivity contribution in [3.05, 3.63) is 24.3 Å². The summed E-state index contributed by atoms with van der Waals surface area (Å²) in [5, 5.41) is 11.5. The number of aliphatic carboxylic acids is 1. The molecular weight excluding hydrogens is 308 g/mol. The van der Waals surface area contributed by atoms with Crippen molar-refractivity contribution in [1.29, 1.82) is 0 Å². The SMILES string of the molecule is CSCCC(NC(=O)C/C=C\C/C=C/C(N)CS)C(=O)O. The van der Waals surface area contributed by atoms with Crippen molar-refractivity contribution >= 4 is 36.3 Å². The Balaban J connectivity index is 4.01. The Morgan fingerprint density at radius 3 is 2.67 bits per heavy atom. The van der Waals surface area contributed by atoms with Gasteiger partial charge in [0, 0.05) is 18.2 Å². The number of carbonyl (C=O) groups excluding carboxylic acids is 1. The summed E-state index contributed by atoms with van der Waals surface area (Å²) < 4.78 is 0. The second-order valence-corrected chi connectivity index (χ2v) is 5.78. The van der Waals surface area contributed by atoms with Crippen LogP contribution in [0.1, 0.15) is 19.3 Å². The van der Waals surface area contributed by atoms with E-state index in [4.69, 9.17) is 10.8 Å². The molecule has 120 valence electrons. The summed E-state index contributed by atoms with van der Waals surface area (Å²) in [4.78, 5) is 22.6. The number of nitrogens with one attached hydrogen (secondary N) is 1. The van der Waals surface area contributed by atoms with E-state index in [1.165, 1.54) is 0 Å². The third-order valence-corrected chi connectivity index (χ3v) is 3.65. The van der Waals surface area contributed by atoms with Crippen molar-refractivity contribution in [1.82, 2.24) is 5.32 Å². The highest BCUT2D eigenvalue weighted by Crippen LogP contribution is 2.01. The van der Waals surface area contributed by atoms with Crippen LogP contribution in [0.5, 0.6) is 0 Å². The summed E-state index contributed by atoms with van der Waals surface area (Å²) in [6, 6.07) is -0.871. The van der Waals surface area contributed by atoms with Crippen molar-refractivity contribution < 1.29 is 14.7 Å². The van der Waals surface area contributed by atoms with Gasteiger partial charge in [-0.15, -0.1) is 0 Å². The molecule has 0 spiro atoms. The van der Waals surface area contributed by atoms with Crippen LogP contribution >= 0.6 is 24.4 Å². The number of hydrogen-bond donors (Lipinski definition) is 4. The van der Waals surface area contributed by atoms with Gasteiger partial charge in [-0.3, -0.25) is 4.79 Å². The maximum absolute atomic E-state index is 11.6. The Labute approximate surface area is 135 Å². The minimum absolute atomic E-state index is 0.0576. The molecule has 0 aromatic heterocycles. The maximum atomic E-state index is 11.6. The first-order chi connectivity index (χ1) is 10.0. The molecule has 0 fully saturated rings. The lowest BCUT2D eigenvalue weighted by Crippen LogP contribution is -2.40. The summed E-state index contributed by atoms with van der Waals surface area (Å²) in [5.41, 5.74) is 5.65. The molecular formula is C14H24N2O3S2. The van der Waals surface area contributed by atoms with Crippen LogP contribution in [-0.2, 0) is 9.59 Å². The molecule has 0 aliphatic carbocycles. The number of thioether (sulfide) groups is 1. The zero-order valence-electron chi connectivity index (χ0n) is 12.2. The Kier molecular flexibility index (Phi) is 12.2. The number of thiol groups is 1. The largest absolute Gasteiger partial charge is 0.480 e. The average molecular weight is 332 g/mol. The van der Waals surface area contributed by atoms with Crippen molar-refractivity contribution in [2.75, 3.05) is 17.8 Å². The van der Waals surface area contributed by atoms with E-state index in [9.17, 15) is 9.59 Å². The predicted molar refractivity (Wildman–Crippen MR) is 91.9 cm³/mol. The van der Waals surface area contributed by atoms with Gasteiger partial charge in [0.05, 0.1) is 0 Å². The topological polar surface area (TPSA) is 92.4 Å². The highest BCUT2D eigenvalue weighted by Gasteiger charge is 2.18. The van der Waals surface area contributed by atoms with Gasteiger partial charge in [-0.25, -0.2) is 4.79 Å². The standard InChI is InChI=1S/C14H24N2O3S2/c1-21-9-8-12(14(18)19)16-13(17)7-5-3-2-4-6-11(15)10-20/h3-6,11-12,20H,2,7-10,15H2,1H3,(H,16,17)(H,18,19)/b5-3-,6-4+. The Bertz CT molecular complexity index is 373. The molecule has 0 aliphatic rings. The Morgan fingerprint density at radius 2 is 2.10 bits per heavy atom. The van der Waals surface area contributed by atoms with E-state index >= 15 is 0 Å². The normalized spacial score (nSPS) is 14.4. The van der Waals surface area contributed by atoms with Gasteiger partial charge in [0.2, 0.25) is 5.91 Å². The number of hydrogen-bond acceptors (Lipinski definition) is 5. The molecule has 0 saturated heterocycles. The lowest BCUT2D eigenvalue weighted by Gasteiger charge is -2.12. The smallest absolute Gasteiger partial charge is 0.326 e. The molecule has 0 radical (unpaired) electrons. The maximum Gasteiger partial charge on any atom is 0.326 e. The van der Waals surface area contributed by atoms with E-state index < -0.39 is 12.0 Å². The van der Waals surface area contributed by atoms with Crippen LogP contribution in [0.25, 0.3) is 0 Å². The summed E-state index contributed by atoms with van der Waals surface area (Å²) in [6.45, 7) is 0. The minimum atomic E-state index is -0.995. The van der Waals surface area contributed by atoms with Gasteiger partial charge < -0.3 is 16.2 Å². The molecule has 0 aromatic rings. The van der Waals surface area contributed by atoms with Crippen LogP contribution in [0.4, 0.5) is 0 Å². The summed E-state index contributed by atoms with van der Waals surface area (Å²) >= 11 is 5.62. The molecule has 0 saturated carbocycles. The number of carbonyl (C=O) groups is 2. The highest BCUT2D eigenvalue weighted by atomic mass is 32.2. The van der Waals surface area contributed by atoms with E-state index in [-0.39, 0.29) is 18.4 Å². The molecule has 0 rings (SSSR count). The number of amides is 1. The van der Waals surface area contributed by atoms with E-state index in [2.05, 4.69) is 17.9 Å². The highest BCUT2D eigenvalue weighted by molar-refractivity contribution is 7.98. The number of allylic oxidation sites excluding steroid dienone is 2. The van der Waals surface area contributed by atoms with Crippen LogP contribution in [0.3, 0.4) is 0 Å².